The van der Waals surface area contributed by atoms with Gasteiger partial charge in [0.05, 0.1) is 26.9 Å². The Labute approximate surface area is 327 Å². The van der Waals surface area contributed by atoms with E-state index in [0.717, 1.165) is 56.1 Å². The molecule has 3 aromatic heterocycles. The Bertz CT molecular complexity index is 3160. The van der Waals surface area contributed by atoms with Gasteiger partial charge in [-0.25, -0.2) is 15.0 Å². The molecular weight excluding hydrogens is 703 g/mol. The van der Waals surface area contributed by atoms with Crippen molar-refractivity contribution < 1.29 is 0 Å². The first-order valence-corrected chi connectivity index (χ1v) is 19.6. The maximum absolute atomic E-state index is 5.34. The summed E-state index contributed by atoms with van der Waals surface area (Å²) < 4.78 is 4.97. The summed E-state index contributed by atoms with van der Waals surface area (Å²) in [4.78, 5) is 15.5. The Kier molecular flexibility index (Phi) is 7.67. The maximum Gasteiger partial charge on any atom is 0.159 e. The zero-order chi connectivity index (χ0) is 37.0. The van der Waals surface area contributed by atoms with Crippen LogP contribution in [0.4, 0.5) is 0 Å². The van der Waals surface area contributed by atoms with Gasteiger partial charge in [-0.15, -0.1) is 11.3 Å². The zero-order valence-corrected chi connectivity index (χ0v) is 31.0. The predicted molar refractivity (Wildman–Crippen MR) is 234 cm³/mol. The number of aromatic nitrogens is 2. The van der Waals surface area contributed by atoms with Crippen molar-refractivity contribution in [2.24, 2.45) is 9.98 Å². The third-order valence-corrected chi connectivity index (χ3v) is 11.9. The second kappa shape index (κ2) is 13.3. The SMILES string of the molecule is c1ccc(C2=NC(c3ccccc3)NC(c3cccc(-c4cccc(-n5c6ccccc6c6sc7c8ccccc8nc(-c8ccccc8)c7c65)c4)c3)=N2)cc1. The van der Waals surface area contributed by atoms with Crippen molar-refractivity contribution in [3.05, 3.63) is 205 Å². The molecule has 7 aromatic carbocycles. The summed E-state index contributed by atoms with van der Waals surface area (Å²) in [7, 11) is 0. The van der Waals surface area contributed by atoms with E-state index >= 15 is 0 Å². The van der Waals surface area contributed by atoms with Gasteiger partial charge in [0.25, 0.3) is 0 Å². The number of rotatable bonds is 6. The highest BCUT2D eigenvalue weighted by molar-refractivity contribution is 7.27. The van der Waals surface area contributed by atoms with E-state index in [1.807, 2.05) is 35.6 Å². The van der Waals surface area contributed by atoms with Crippen LogP contribution < -0.4 is 5.32 Å². The monoisotopic (exact) mass is 735 g/mol. The van der Waals surface area contributed by atoms with Gasteiger partial charge in [0.15, 0.2) is 5.84 Å². The van der Waals surface area contributed by atoms with Crippen LogP contribution in [0.15, 0.2) is 198 Å². The van der Waals surface area contributed by atoms with Crippen molar-refractivity contribution in [1.82, 2.24) is 14.9 Å². The molecule has 11 rings (SSSR count). The molecule has 0 aliphatic carbocycles. The Hall–Kier alpha value is -7.15. The lowest BCUT2D eigenvalue weighted by Gasteiger charge is -2.24. The lowest BCUT2D eigenvalue weighted by Crippen LogP contribution is -2.33. The number of thiophene rings is 1. The summed E-state index contributed by atoms with van der Waals surface area (Å²) in [6.07, 6.45) is -0.261. The molecule has 10 aromatic rings. The van der Waals surface area contributed by atoms with E-state index in [0.29, 0.717) is 5.84 Å². The van der Waals surface area contributed by atoms with Crippen molar-refractivity contribution in [2.45, 2.75) is 6.17 Å². The molecule has 0 radical (unpaired) electrons. The fraction of sp³-hybridized carbons (Fsp3) is 0.0200. The second-order valence-corrected chi connectivity index (χ2v) is 15.1. The summed E-state index contributed by atoms with van der Waals surface area (Å²) >= 11 is 1.87. The van der Waals surface area contributed by atoms with Gasteiger partial charge >= 0.3 is 0 Å². The third kappa shape index (κ3) is 5.42. The Morgan fingerprint density at radius 2 is 1.14 bits per heavy atom. The topological polar surface area (TPSA) is 54.6 Å². The molecule has 0 amide bonds. The number of pyridine rings is 1. The first-order chi connectivity index (χ1) is 27.8. The molecule has 0 saturated carbocycles. The minimum absolute atomic E-state index is 0.261. The lowest BCUT2D eigenvalue weighted by molar-refractivity contribution is 0.674. The highest BCUT2D eigenvalue weighted by atomic mass is 32.1. The maximum atomic E-state index is 5.34. The summed E-state index contributed by atoms with van der Waals surface area (Å²) in [5, 5.41) is 7.24. The summed E-state index contributed by atoms with van der Waals surface area (Å²) in [5.74, 6) is 1.51. The fourth-order valence-corrected chi connectivity index (χ4v) is 9.37. The minimum atomic E-state index is -0.261. The first-order valence-electron chi connectivity index (χ1n) is 18.8. The predicted octanol–water partition coefficient (Wildman–Crippen LogP) is 12.4. The minimum Gasteiger partial charge on any atom is -0.344 e. The van der Waals surface area contributed by atoms with Gasteiger partial charge < -0.3 is 9.88 Å². The van der Waals surface area contributed by atoms with Crippen molar-refractivity contribution in [1.29, 1.82) is 0 Å². The average molecular weight is 736 g/mol. The molecule has 6 heteroatoms. The van der Waals surface area contributed by atoms with Gasteiger partial charge in [-0.05, 0) is 47.0 Å². The first kappa shape index (κ1) is 32.3. The number of benzene rings is 7. The molecule has 5 nitrogen and oxygen atoms in total. The number of aliphatic imine (C=N–C) groups is 2. The molecule has 1 aliphatic heterocycles. The van der Waals surface area contributed by atoms with Crippen LogP contribution in [0, 0.1) is 0 Å². The molecule has 4 heterocycles. The Morgan fingerprint density at radius 1 is 0.518 bits per heavy atom. The van der Waals surface area contributed by atoms with E-state index in [-0.39, 0.29) is 6.17 Å². The van der Waals surface area contributed by atoms with Gasteiger partial charge in [-0.2, -0.15) is 0 Å². The van der Waals surface area contributed by atoms with Crippen molar-refractivity contribution in [3.8, 4) is 28.1 Å². The molecule has 264 valence electrons. The van der Waals surface area contributed by atoms with Crippen LogP contribution in [0.5, 0.6) is 0 Å². The van der Waals surface area contributed by atoms with Crippen LogP contribution >= 0.6 is 11.3 Å². The van der Waals surface area contributed by atoms with Gasteiger partial charge in [0.1, 0.15) is 12.0 Å². The highest BCUT2D eigenvalue weighted by Crippen LogP contribution is 2.47. The van der Waals surface area contributed by atoms with E-state index in [1.165, 1.54) is 36.6 Å². The van der Waals surface area contributed by atoms with E-state index in [2.05, 4.69) is 174 Å². The third-order valence-electron chi connectivity index (χ3n) is 10.6. The van der Waals surface area contributed by atoms with Crippen LogP contribution in [0.25, 0.3) is 70.2 Å². The van der Waals surface area contributed by atoms with Gasteiger partial charge in [0.2, 0.25) is 0 Å². The van der Waals surface area contributed by atoms with E-state index in [1.54, 1.807) is 0 Å². The molecule has 1 atom stereocenters. The molecule has 1 N–H and O–H groups in total. The van der Waals surface area contributed by atoms with E-state index in [4.69, 9.17) is 15.0 Å². The van der Waals surface area contributed by atoms with Crippen LogP contribution in [-0.4, -0.2) is 21.2 Å². The number of para-hydroxylation sites is 2. The normalized spacial score (nSPS) is 14.2. The summed E-state index contributed by atoms with van der Waals surface area (Å²) in [5.41, 5.74) is 11.9. The summed E-state index contributed by atoms with van der Waals surface area (Å²) in [6.45, 7) is 0. The molecule has 0 spiro atoms. The highest BCUT2D eigenvalue weighted by Gasteiger charge is 2.24. The van der Waals surface area contributed by atoms with Crippen LogP contribution in [0.3, 0.4) is 0 Å². The molecule has 0 fully saturated rings. The van der Waals surface area contributed by atoms with E-state index in [9.17, 15) is 0 Å². The molecule has 1 unspecified atom stereocenters. The van der Waals surface area contributed by atoms with Crippen molar-refractivity contribution >= 4 is 65.1 Å². The van der Waals surface area contributed by atoms with Crippen LogP contribution in [0.2, 0.25) is 0 Å². The number of hydrogen-bond acceptors (Lipinski definition) is 5. The molecule has 56 heavy (non-hydrogen) atoms. The molecule has 0 saturated heterocycles. The standard InChI is InChI=1S/C50H33N5S/c1-4-16-32(17-5-1)44-43-45-47(56-46(43)39-26-10-12-28-41(39)51-44)40-27-11-13-29-42(40)55(45)38-25-15-23-36(31-38)35-22-14-24-37(30-35)50-53-48(33-18-6-2-7-19-33)52-49(54-50)34-20-8-3-9-21-34/h1-31,48H,(H,52,53,54). The number of hydrogen-bond donors (Lipinski definition) is 1. The number of nitrogens with one attached hydrogen (secondary N) is 1. The quantitative estimate of drug-likeness (QED) is 0.185. The second-order valence-electron chi connectivity index (χ2n) is 14.0. The van der Waals surface area contributed by atoms with Crippen LogP contribution in [0.1, 0.15) is 22.9 Å². The molecule has 1 aliphatic rings. The largest absolute Gasteiger partial charge is 0.344 e. The molecule has 0 bridgehead atoms. The lowest BCUT2D eigenvalue weighted by atomic mass is 10.0. The number of fused-ring (bicyclic) bond motifs is 7. The zero-order valence-electron chi connectivity index (χ0n) is 30.2. The summed E-state index contributed by atoms with van der Waals surface area (Å²) in [6, 6.07) is 66.0. The fourth-order valence-electron chi connectivity index (χ4n) is 8.01. The Balaban J connectivity index is 1.07. The van der Waals surface area contributed by atoms with Crippen LogP contribution in [-0.2, 0) is 0 Å². The van der Waals surface area contributed by atoms with Crippen molar-refractivity contribution in [3.63, 3.8) is 0 Å². The van der Waals surface area contributed by atoms with Gasteiger partial charge in [-0.1, -0.05) is 158 Å². The number of amidine groups is 2. The van der Waals surface area contributed by atoms with Gasteiger partial charge in [0, 0.05) is 43.2 Å². The van der Waals surface area contributed by atoms with Crippen molar-refractivity contribution in [2.75, 3.05) is 0 Å². The smallest absolute Gasteiger partial charge is 0.159 e. The Morgan fingerprint density at radius 3 is 1.95 bits per heavy atom. The van der Waals surface area contributed by atoms with E-state index < -0.39 is 0 Å². The number of nitrogens with zero attached hydrogens (tertiary/aromatic N) is 4. The average Bonchev–Trinajstić information content (AvgIpc) is 3.82. The van der Waals surface area contributed by atoms with Gasteiger partial charge in [-0.3, -0.25) is 0 Å². The molecular formula is C50H33N5S.